The lowest BCUT2D eigenvalue weighted by atomic mass is 9.79. The molecule has 1 N–H and O–H groups in total. The first-order valence-corrected chi connectivity index (χ1v) is 9.25. The standard InChI is InChI=1S/C20H28O6/c1-6-11(3)18(22)24-13-9-10(2)7-8-14(21)20(5)17(26-20)16-15(13)12(4)19(23)25-16/h6-7,12-17,21H,8-9H2,1-5H3/b10-7-,11-6+/t12-,13-,14+,15-,16+,17-,20-/m1/s1. The zero-order valence-electron chi connectivity index (χ0n) is 16.0. The molecule has 0 unspecified atom stereocenters. The van der Waals surface area contributed by atoms with Crippen LogP contribution in [0.5, 0.6) is 0 Å². The number of epoxide rings is 1. The van der Waals surface area contributed by atoms with E-state index in [0.29, 0.717) is 18.4 Å². The van der Waals surface area contributed by atoms with E-state index >= 15 is 0 Å². The number of rotatable bonds is 2. The van der Waals surface area contributed by atoms with Gasteiger partial charge in [0.2, 0.25) is 0 Å². The third kappa shape index (κ3) is 3.21. The highest BCUT2D eigenvalue weighted by Crippen LogP contribution is 2.50. The summed E-state index contributed by atoms with van der Waals surface area (Å²) in [6.07, 6.45) is 2.57. The summed E-state index contributed by atoms with van der Waals surface area (Å²) in [5.41, 5.74) is 0.795. The van der Waals surface area contributed by atoms with E-state index in [2.05, 4.69) is 0 Å². The van der Waals surface area contributed by atoms with Crippen molar-refractivity contribution >= 4 is 11.9 Å². The molecule has 0 saturated carbocycles. The number of aliphatic hydroxyl groups excluding tert-OH is 1. The number of hydrogen-bond donors (Lipinski definition) is 1. The van der Waals surface area contributed by atoms with Crippen LogP contribution in [0, 0.1) is 11.8 Å². The monoisotopic (exact) mass is 364 g/mol. The Morgan fingerprint density at radius 2 is 2.15 bits per heavy atom. The van der Waals surface area contributed by atoms with E-state index < -0.39 is 29.8 Å². The predicted octanol–water partition coefficient (Wildman–Crippen LogP) is 2.30. The quantitative estimate of drug-likeness (QED) is 0.350. The molecular formula is C20H28O6. The number of esters is 2. The van der Waals surface area contributed by atoms with Crippen LogP contribution in [0.25, 0.3) is 0 Å². The topological polar surface area (TPSA) is 85.4 Å². The molecule has 0 aromatic rings. The zero-order valence-corrected chi connectivity index (χ0v) is 16.0. The van der Waals surface area contributed by atoms with Gasteiger partial charge in [0.05, 0.1) is 12.0 Å². The third-order valence-electron chi connectivity index (χ3n) is 6.08. The number of carbonyl (C=O) groups excluding carboxylic acids is 2. The molecule has 3 rings (SSSR count). The van der Waals surface area contributed by atoms with Gasteiger partial charge in [-0.1, -0.05) is 24.6 Å². The van der Waals surface area contributed by atoms with Crippen LogP contribution in [0.15, 0.2) is 23.3 Å². The van der Waals surface area contributed by atoms with Gasteiger partial charge < -0.3 is 19.3 Å². The number of aliphatic hydroxyl groups is 1. The Labute approximate surface area is 154 Å². The van der Waals surface area contributed by atoms with Gasteiger partial charge in [-0.3, -0.25) is 4.79 Å². The minimum atomic E-state index is -0.741. The summed E-state index contributed by atoms with van der Waals surface area (Å²) in [6.45, 7) is 9.08. The predicted molar refractivity (Wildman–Crippen MR) is 94.1 cm³/mol. The first-order chi connectivity index (χ1) is 12.2. The summed E-state index contributed by atoms with van der Waals surface area (Å²) in [7, 11) is 0. The van der Waals surface area contributed by atoms with Crippen molar-refractivity contribution in [3.63, 3.8) is 0 Å². The molecule has 3 aliphatic rings. The second kappa shape index (κ2) is 6.82. The molecule has 0 aromatic carbocycles. The van der Waals surface area contributed by atoms with Crippen molar-refractivity contribution in [1.29, 1.82) is 0 Å². The highest BCUT2D eigenvalue weighted by atomic mass is 16.7. The lowest BCUT2D eigenvalue weighted by molar-refractivity contribution is -0.149. The molecule has 0 spiro atoms. The molecule has 2 heterocycles. The van der Waals surface area contributed by atoms with Gasteiger partial charge in [-0.05, 0) is 34.1 Å². The molecule has 6 nitrogen and oxygen atoms in total. The molecule has 1 aliphatic carbocycles. The van der Waals surface area contributed by atoms with Crippen molar-refractivity contribution in [1.82, 2.24) is 0 Å². The number of ether oxygens (including phenoxy) is 3. The van der Waals surface area contributed by atoms with Gasteiger partial charge in [0.15, 0.2) is 0 Å². The Kier molecular flexibility index (Phi) is 5.01. The first kappa shape index (κ1) is 19.1. The van der Waals surface area contributed by atoms with Crippen molar-refractivity contribution in [2.45, 2.75) is 77.5 Å². The Hall–Kier alpha value is -1.66. The second-order valence-corrected chi connectivity index (χ2v) is 7.91. The molecule has 6 heteroatoms. The van der Waals surface area contributed by atoms with Gasteiger partial charge in [-0.15, -0.1) is 0 Å². The maximum absolute atomic E-state index is 12.4. The fourth-order valence-electron chi connectivity index (χ4n) is 4.01. The van der Waals surface area contributed by atoms with E-state index in [4.69, 9.17) is 14.2 Å². The first-order valence-electron chi connectivity index (χ1n) is 9.25. The average molecular weight is 364 g/mol. The van der Waals surface area contributed by atoms with Crippen LogP contribution >= 0.6 is 0 Å². The van der Waals surface area contributed by atoms with Crippen molar-refractivity contribution in [2.75, 3.05) is 0 Å². The van der Waals surface area contributed by atoms with E-state index in [1.54, 1.807) is 26.8 Å². The van der Waals surface area contributed by atoms with E-state index in [9.17, 15) is 14.7 Å². The number of hydrogen-bond acceptors (Lipinski definition) is 6. The molecule has 0 radical (unpaired) electrons. The summed E-state index contributed by atoms with van der Waals surface area (Å²) in [6, 6.07) is 0. The second-order valence-electron chi connectivity index (χ2n) is 7.91. The van der Waals surface area contributed by atoms with E-state index in [-0.39, 0.29) is 24.0 Å². The van der Waals surface area contributed by atoms with Crippen LogP contribution in [0.1, 0.15) is 47.5 Å². The van der Waals surface area contributed by atoms with Gasteiger partial charge in [-0.25, -0.2) is 4.79 Å². The van der Waals surface area contributed by atoms with Gasteiger partial charge in [0.1, 0.15) is 23.9 Å². The van der Waals surface area contributed by atoms with Crippen LogP contribution in [0.2, 0.25) is 0 Å². The van der Waals surface area contributed by atoms with Crippen LogP contribution in [0.4, 0.5) is 0 Å². The van der Waals surface area contributed by atoms with E-state index in [1.807, 2.05) is 19.9 Å². The summed E-state index contributed by atoms with van der Waals surface area (Å²) >= 11 is 0. The fraction of sp³-hybridized carbons (Fsp3) is 0.700. The average Bonchev–Trinajstić information content (AvgIpc) is 3.21. The maximum Gasteiger partial charge on any atom is 0.333 e. The number of fused-ring (bicyclic) bond motifs is 3. The summed E-state index contributed by atoms with van der Waals surface area (Å²) in [5.74, 6) is -1.40. The lowest BCUT2D eigenvalue weighted by Crippen LogP contribution is -2.42. The Balaban J connectivity index is 1.96. The zero-order chi connectivity index (χ0) is 19.2. The minimum absolute atomic E-state index is 0.308. The molecule has 26 heavy (non-hydrogen) atoms. The van der Waals surface area contributed by atoms with Crippen molar-refractivity contribution in [2.24, 2.45) is 11.8 Å². The Morgan fingerprint density at radius 1 is 1.46 bits per heavy atom. The van der Waals surface area contributed by atoms with Crippen LogP contribution in [0.3, 0.4) is 0 Å². The van der Waals surface area contributed by atoms with E-state index in [1.165, 1.54) is 0 Å². The van der Waals surface area contributed by atoms with Crippen LogP contribution in [-0.4, -0.2) is 47.1 Å². The van der Waals surface area contributed by atoms with Crippen LogP contribution < -0.4 is 0 Å². The molecule has 2 fully saturated rings. The van der Waals surface area contributed by atoms with Crippen molar-refractivity contribution in [3.8, 4) is 0 Å². The molecular weight excluding hydrogens is 336 g/mol. The van der Waals surface area contributed by atoms with Gasteiger partial charge in [-0.2, -0.15) is 0 Å². The summed E-state index contributed by atoms with van der Waals surface area (Å²) < 4.78 is 17.2. The van der Waals surface area contributed by atoms with Gasteiger partial charge in [0, 0.05) is 17.9 Å². The SMILES string of the molecule is C/C=C(\C)C(=O)O[C@@H]1C/C(C)=C\C[C@H](O)[C@@]2(C)O[C@@H]2[C@H]2OC(=O)[C@H](C)[C@@H]21. The van der Waals surface area contributed by atoms with Gasteiger partial charge in [0.25, 0.3) is 0 Å². The van der Waals surface area contributed by atoms with Crippen LogP contribution in [-0.2, 0) is 23.8 Å². The molecule has 2 aliphatic heterocycles. The molecule has 0 amide bonds. The Bertz CT molecular complexity index is 665. The number of allylic oxidation sites excluding steroid dienone is 1. The largest absolute Gasteiger partial charge is 0.459 e. The highest BCUT2D eigenvalue weighted by molar-refractivity contribution is 5.87. The Morgan fingerprint density at radius 3 is 2.81 bits per heavy atom. The molecule has 0 bridgehead atoms. The van der Waals surface area contributed by atoms with Crippen molar-refractivity contribution in [3.05, 3.63) is 23.3 Å². The summed E-state index contributed by atoms with van der Waals surface area (Å²) in [5, 5.41) is 10.5. The molecule has 7 atom stereocenters. The minimum Gasteiger partial charge on any atom is -0.459 e. The summed E-state index contributed by atoms with van der Waals surface area (Å²) in [4.78, 5) is 24.7. The number of carbonyl (C=O) groups is 2. The smallest absolute Gasteiger partial charge is 0.333 e. The normalized spacial score (nSPS) is 44.9. The van der Waals surface area contributed by atoms with Crippen molar-refractivity contribution < 1.29 is 28.9 Å². The molecule has 144 valence electrons. The van der Waals surface area contributed by atoms with E-state index in [0.717, 1.165) is 5.57 Å². The fourth-order valence-corrected chi connectivity index (χ4v) is 4.01. The highest BCUT2D eigenvalue weighted by Gasteiger charge is 2.67. The lowest BCUT2D eigenvalue weighted by Gasteiger charge is -2.30. The molecule has 2 saturated heterocycles. The third-order valence-corrected chi connectivity index (χ3v) is 6.08. The molecule has 0 aromatic heterocycles. The van der Waals surface area contributed by atoms with Gasteiger partial charge >= 0.3 is 11.9 Å². The maximum atomic E-state index is 12.4.